The van der Waals surface area contributed by atoms with E-state index in [4.69, 9.17) is 0 Å². The van der Waals surface area contributed by atoms with Crippen molar-refractivity contribution >= 4 is 29.0 Å². The number of hydrogen-bond donors (Lipinski definition) is 1. The fraction of sp³-hybridized carbons (Fsp3) is 0.444. The monoisotopic (exact) mass is 348 g/mol. The lowest BCUT2D eigenvalue weighted by molar-refractivity contribution is -0.120. The molecule has 1 aromatic heterocycles. The number of carbonyl (C=O) groups excluding carboxylic acids is 1. The van der Waals surface area contributed by atoms with Crippen LogP contribution in [0.5, 0.6) is 0 Å². The fourth-order valence-electron chi connectivity index (χ4n) is 1.99. The highest BCUT2D eigenvalue weighted by Crippen LogP contribution is 2.26. The number of thiazole rings is 1. The number of aromatic nitrogens is 1. The van der Waals surface area contributed by atoms with Crippen molar-refractivity contribution in [2.45, 2.75) is 43.7 Å². The normalized spacial score (nSPS) is 11.0. The molecule has 0 bridgehead atoms. The number of amides is 1. The van der Waals surface area contributed by atoms with Crippen LogP contribution >= 0.6 is 23.1 Å². The van der Waals surface area contributed by atoms with Crippen LogP contribution in [0.4, 0.5) is 0 Å². The number of thioether (sulfide) groups is 1. The average molecular weight is 349 g/mol. The van der Waals surface area contributed by atoms with E-state index in [9.17, 15) is 4.79 Å². The number of hydrogen-bond acceptors (Lipinski definition) is 4. The van der Waals surface area contributed by atoms with Crippen molar-refractivity contribution in [3.8, 4) is 0 Å². The number of carbonyl (C=O) groups is 1. The first-order chi connectivity index (χ1) is 11.0. The molecule has 3 nitrogen and oxygen atoms in total. The van der Waals surface area contributed by atoms with Gasteiger partial charge in [0.2, 0.25) is 5.91 Å². The molecule has 0 unspecified atom stereocenters. The number of aryl methyl sites for hydroxylation is 1. The molecule has 0 saturated carbocycles. The third kappa shape index (κ3) is 6.75. The Morgan fingerprint density at radius 2 is 2.04 bits per heavy atom. The molecule has 0 spiro atoms. The summed E-state index contributed by atoms with van der Waals surface area (Å²) in [6.07, 6.45) is 1.39. The summed E-state index contributed by atoms with van der Waals surface area (Å²) in [5, 5.41) is 4.94. The van der Waals surface area contributed by atoms with Crippen molar-refractivity contribution in [3.05, 3.63) is 46.5 Å². The maximum absolute atomic E-state index is 11.9. The number of benzene rings is 1. The molecule has 1 heterocycles. The van der Waals surface area contributed by atoms with Crippen LogP contribution < -0.4 is 5.32 Å². The van der Waals surface area contributed by atoms with Crippen LogP contribution in [0.25, 0.3) is 0 Å². The molecule has 0 fully saturated rings. The van der Waals surface area contributed by atoms with Crippen molar-refractivity contribution in [2.24, 2.45) is 5.92 Å². The summed E-state index contributed by atoms with van der Waals surface area (Å²) in [6, 6.07) is 8.56. The molecule has 5 heteroatoms. The standard InChI is InChI=1S/C18H24N2OS2/c1-13(2)8-9-19-17(21)10-16-12-23-18(20-16)22-11-15-6-4-14(3)5-7-15/h4-7,12-13H,8-11H2,1-3H3,(H,19,21). The summed E-state index contributed by atoms with van der Waals surface area (Å²) in [5.74, 6) is 1.58. The van der Waals surface area contributed by atoms with Crippen molar-refractivity contribution in [3.63, 3.8) is 0 Å². The van der Waals surface area contributed by atoms with Crippen LogP contribution in [0.3, 0.4) is 0 Å². The highest BCUT2D eigenvalue weighted by molar-refractivity contribution is 8.00. The van der Waals surface area contributed by atoms with E-state index in [1.54, 1.807) is 23.1 Å². The predicted molar refractivity (Wildman–Crippen MR) is 99.0 cm³/mol. The first-order valence-electron chi connectivity index (χ1n) is 7.92. The molecular formula is C18H24N2OS2. The maximum atomic E-state index is 11.9. The highest BCUT2D eigenvalue weighted by Gasteiger charge is 2.08. The van der Waals surface area contributed by atoms with Crippen LogP contribution in [-0.4, -0.2) is 17.4 Å². The Kier molecular flexibility index (Phi) is 7.12. The quantitative estimate of drug-likeness (QED) is 0.717. The Morgan fingerprint density at radius 1 is 1.30 bits per heavy atom. The van der Waals surface area contributed by atoms with Gasteiger partial charge in [0.25, 0.3) is 0 Å². The zero-order chi connectivity index (χ0) is 16.7. The van der Waals surface area contributed by atoms with E-state index in [0.717, 1.165) is 28.8 Å². The topological polar surface area (TPSA) is 42.0 Å². The zero-order valence-corrected chi connectivity index (χ0v) is 15.6. The van der Waals surface area contributed by atoms with Gasteiger partial charge in [-0.1, -0.05) is 55.4 Å². The zero-order valence-electron chi connectivity index (χ0n) is 14.0. The van der Waals surface area contributed by atoms with Crippen LogP contribution in [0, 0.1) is 12.8 Å². The van der Waals surface area contributed by atoms with E-state index < -0.39 is 0 Å². The molecule has 124 valence electrons. The van der Waals surface area contributed by atoms with Gasteiger partial charge in [0.15, 0.2) is 0 Å². The van der Waals surface area contributed by atoms with Crippen LogP contribution in [0.2, 0.25) is 0 Å². The molecule has 1 aromatic carbocycles. The van der Waals surface area contributed by atoms with Gasteiger partial charge in [0.1, 0.15) is 4.34 Å². The number of rotatable bonds is 8. The van der Waals surface area contributed by atoms with Gasteiger partial charge < -0.3 is 5.32 Å². The van der Waals surface area contributed by atoms with E-state index in [1.165, 1.54) is 11.1 Å². The average Bonchev–Trinajstić information content (AvgIpc) is 2.93. The highest BCUT2D eigenvalue weighted by atomic mass is 32.2. The molecule has 1 N–H and O–H groups in total. The van der Waals surface area contributed by atoms with E-state index in [0.29, 0.717) is 12.3 Å². The second-order valence-corrected chi connectivity index (χ2v) is 8.17. The molecule has 2 rings (SSSR count). The Balaban J connectivity index is 1.76. The van der Waals surface area contributed by atoms with Gasteiger partial charge in [-0.05, 0) is 24.8 Å². The molecule has 1 amide bonds. The summed E-state index contributed by atoms with van der Waals surface area (Å²) < 4.78 is 1.02. The lowest BCUT2D eigenvalue weighted by atomic mass is 10.1. The van der Waals surface area contributed by atoms with Gasteiger partial charge in [-0.15, -0.1) is 11.3 Å². The lowest BCUT2D eigenvalue weighted by Crippen LogP contribution is -2.26. The summed E-state index contributed by atoms with van der Waals surface area (Å²) in [7, 11) is 0. The van der Waals surface area contributed by atoms with Crippen molar-refractivity contribution in [2.75, 3.05) is 6.54 Å². The second-order valence-electron chi connectivity index (χ2n) is 6.09. The van der Waals surface area contributed by atoms with E-state index >= 15 is 0 Å². The largest absolute Gasteiger partial charge is 0.356 e. The fourth-order valence-corrected chi connectivity index (χ4v) is 3.79. The molecule has 0 aliphatic carbocycles. The molecule has 23 heavy (non-hydrogen) atoms. The number of nitrogens with zero attached hydrogens (tertiary/aromatic N) is 1. The van der Waals surface area contributed by atoms with Gasteiger partial charge in [0.05, 0.1) is 12.1 Å². The molecule has 2 aromatic rings. The van der Waals surface area contributed by atoms with Crippen molar-refractivity contribution in [1.82, 2.24) is 10.3 Å². The van der Waals surface area contributed by atoms with Gasteiger partial charge in [-0.3, -0.25) is 4.79 Å². The summed E-state index contributed by atoms with van der Waals surface area (Å²) in [4.78, 5) is 16.4. The Morgan fingerprint density at radius 3 is 2.74 bits per heavy atom. The summed E-state index contributed by atoms with van der Waals surface area (Å²) in [6.45, 7) is 7.15. The maximum Gasteiger partial charge on any atom is 0.226 e. The minimum atomic E-state index is 0.0611. The van der Waals surface area contributed by atoms with Crippen molar-refractivity contribution < 1.29 is 4.79 Å². The molecule has 0 aliphatic heterocycles. The third-order valence-corrected chi connectivity index (χ3v) is 5.54. The Hall–Kier alpha value is -1.33. The van der Waals surface area contributed by atoms with Gasteiger partial charge in [0, 0.05) is 17.7 Å². The SMILES string of the molecule is Cc1ccc(CSc2nc(CC(=O)NCCC(C)C)cs2)cc1. The van der Waals surface area contributed by atoms with Gasteiger partial charge >= 0.3 is 0 Å². The van der Waals surface area contributed by atoms with E-state index in [2.05, 4.69) is 55.3 Å². The predicted octanol–water partition coefficient (Wildman–Crippen LogP) is 4.45. The third-order valence-electron chi connectivity index (χ3n) is 3.40. The van der Waals surface area contributed by atoms with E-state index in [1.807, 2.05) is 5.38 Å². The molecule has 0 saturated heterocycles. The first kappa shape index (κ1) is 18.0. The summed E-state index contributed by atoms with van der Waals surface area (Å²) in [5.41, 5.74) is 3.44. The summed E-state index contributed by atoms with van der Waals surface area (Å²) >= 11 is 3.34. The smallest absolute Gasteiger partial charge is 0.226 e. The molecule has 0 aliphatic rings. The lowest BCUT2D eigenvalue weighted by Gasteiger charge is -2.05. The van der Waals surface area contributed by atoms with Crippen LogP contribution in [-0.2, 0) is 17.0 Å². The van der Waals surface area contributed by atoms with Crippen LogP contribution in [0.1, 0.15) is 37.1 Å². The minimum Gasteiger partial charge on any atom is -0.356 e. The van der Waals surface area contributed by atoms with Gasteiger partial charge in [-0.2, -0.15) is 0 Å². The Labute approximate surface area is 146 Å². The first-order valence-corrected chi connectivity index (χ1v) is 9.79. The molecule has 0 radical (unpaired) electrons. The Bertz CT molecular complexity index is 620. The van der Waals surface area contributed by atoms with Crippen LogP contribution in [0.15, 0.2) is 34.0 Å². The molecule has 0 atom stereocenters. The second kappa shape index (κ2) is 9.08. The molecular weight excluding hydrogens is 324 g/mol. The number of nitrogens with one attached hydrogen (secondary N) is 1. The van der Waals surface area contributed by atoms with E-state index in [-0.39, 0.29) is 5.91 Å². The van der Waals surface area contributed by atoms with Gasteiger partial charge in [-0.25, -0.2) is 4.98 Å². The van der Waals surface area contributed by atoms with Crippen molar-refractivity contribution in [1.29, 1.82) is 0 Å². The minimum absolute atomic E-state index is 0.0611.